The summed E-state index contributed by atoms with van der Waals surface area (Å²) in [6, 6.07) is -0.456. The molecule has 0 aliphatic carbocycles. The quantitative estimate of drug-likeness (QED) is 0.0626. The molecule has 15 nitrogen and oxygen atoms in total. The first-order valence-electron chi connectivity index (χ1n) is 18.1. The number of ether oxygens (including phenoxy) is 6. The van der Waals surface area contributed by atoms with E-state index < -0.39 is 6.04 Å². The van der Waals surface area contributed by atoms with Crippen molar-refractivity contribution in [2.75, 3.05) is 98.9 Å². The van der Waals surface area contributed by atoms with Crippen LogP contribution in [0.1, 0.15) is 77.6 Å². The lowest BCUT2D eigenvalue weighted by atomic mass is 10.1. The van der Waals surface area contributed by atoms with E-state index in [-0.39, 0.29) is 55.4 Å². The molecule has 50 heavy (non-hydrogen) atoms. The van der Waals surface area contributed by atoms with Crippen LogP contribution >= 0.6 is 0 Å². The summed E-state index contributed by atoms with van der Waals surface area (Å²) in [5, 5.41) is 5.48. The topological polar surface area (TPSA) is 194 Å². The number of Topliss-reactive ketones (excluding diaryl/α,β-unsaturated/α-hetero) is 1. The molecule has 1 atom stereocenters. The number of amides is 4. The van der Waals surface area contributed by atoms with Crippen LogP contribution in [0.25, 0.3) is 0 Å². The summed E-state index contributed by atoms with van der Waals surface area (Å²) < 4.78 is 33.3. The molecule has 0 radical (unpaired) electrons. The van der Waals surface area contributed by atoms with E-state index in [2.05, 4.69) is 10.6 Å². The Hall–Kier alpha value is -2.79. The Morgan fingerprint density at radius 3 is 1.60 bits per heavy atom. The van der Waals surface area contributed by atoms with E-state index in [1.54, 1.807) is 0 Å². The lowest BCUT2D eigenvalue weighted by Gasteiger charge is -2.15. The van der Waals surface area contributed by atoms with Crippen molar-refractivity contribution < 1.29 is 52.4 Å². The first kappa shape index (κ1) is 45.2. The van der Waals surface area contributed by atoms with Crippen LogP contribution in [-0.2, 0) is 52.4 Å². The highest BCUT2D eigenvalue weighted by molar-refractivity contribution is 6.13. The van der Waals surface area contributed by atoms with Gasteiger partial charge in [-0.05, 0) is 71.3 Å². The van der Waals surface area contributed by atoms with Gasteiger partial charge in [-0.1, -0.05) is 0 Å². The number of carbonyl (C=O) groups excluding carboxylic acids is 5. The van der Waals surface area contributed by atoms with Crippen LogP contribution in [0.15, 0.2) is 12.2 Å². The number of nitrogens with two attached hydrogens (primary N) is 1. The van der Waals surface area contributed by atoms with E-state index >= 15 is 0 Å². The molecule has 0 fully saturated rings. The largest absolute Gasteiger partial charge is 0.380 e. The van der Waals surface area contributed by atoms with Gasteiger partial charge in [0.1, 0.15) is 0 Å². The maximum atomic E-state index is 12.0. The van der Waals surface area contributed by atoms with Gasteiger partial charge >= 0.3 is 0 Å². The fourth-order valence-corrected chi connectivity index (χ4v) is 4.65. The maximum Gasteiger partial charge on any atom is 0.253 e. The lowest BCUT2D eigenvalue weighted by Crippen LogP contribution is -2.40. The normalized spacial score (nSPS) is 13.3. The van der Waals surface area contributed by atoms with Crippen LogP contribution in [0.2, 0.25) is 0 Å². The van der Waals surface area contributed by atoms with Crippen molar-refractivity contribution in [3.63, 3.8) is 0 Å². The van der Waals surface area contributed by atoms with Crippen molar-refractivity contribution in [3.8, 4) is 0 Å². The van der Waals surface area contributed by atoms with E-state index in [9.17, 15) is 24.0 Å². The van der Waals surface area contributed by atoms with Crippen molar-refractivity contribution in [1.29, 1.82) is 0 Å². The molecule has 0 spiro atoms. The van der Waals surface area contributed by atoms with Gasteiger partial charge in [-0.3, -0.25) is 28.9 Å². The summed E-state index contributed by atoms with van der Waals surface area (Å²) in [5.41, 5.74) is 5.48. The van der Waals surface area contributed by atoms with Gasteiger partial charge in [0.05, 0.1) is 58.9 Å². The number of hydrogen-bond acceptors (Lipinski definition) is 12. The summed E-state index contributed by atoms with van der Waals surface area (Å²) in [4.78, 5) is 59.5. The molecule has 288 valence electrons. The van der Waals surface area contributed by atoms with Gasteiger partial charge in [-0.15, -0.1) is 0 Å². The van der Waals surface area contributed by atoms with Crippen molar-refractivity contribution >= 4 is 29.4 Å². The van der Waals surface area contributed by atoms with Gasteiger partial charge in [0.15, 0.2) is 5.78 Å². The molecule has 15 heteroatoms. The van der Waals surface area contributed by atoms with Crippen molar-refractivity contribution in [1.82, 2.24) is 15.5 Å². The number of rotatable bonds is 36. The van der Waals surface area contributed by atoms with Crippen LogP contribution < -0.4 is 16.4 Å². The summed E-state index contributed by atoms with van der Waals surface area (Å²) in [6.45, 7) is 8.88. The lowest BCUT2D eigenvalue weighted by molar-refractivity contribution is -0.137. The van der Waals surface area contributed by atoms with Crippen LogP contribution in [0.3, 0.4) is 0 Å². The zero-order chi connectivity index (χ0) is 36.5. The summed E-state index contributed by atoms with van der Waals surface area (Å²) >= 11 is 0. The van der Waals surface area contributed by atoms with Gasteiger partial charge in [0, 0.05) is 64.5 Å². The number of hydrogen-bond donors (Lipinski definition) is 3. The average molecular weight is 715 g/mol. The molecular weight excluding hydrogens is 652 g/mol. The van der Waals surface area contributed by atoms with Crippen LogP contribution in [0.5, 0.6) is 0 Å². The van der Waals surface area contributed by atoms with Crippen LogP contribution in [0.4, 0.5) is 0 Å². The number of imide groups is 1. The highest BCUT2D eigenvalue weighted by atomic mass is 16.5. The Balaban J connectivity index is 1.72. The Kier molecular flexibility index (Phi) is 29.1. The third-order valence-electron chi connectivity index (χ3n) is 7.55. The third-order valence-corrected chi connectivity index (χ3v) is 7.55. The molecule has 0 unspecified atom stereocenters. The molecule has 1 heterocycles. The number of nitrogens with one attached hydrogen (secondary N) is 2. The summed E-state index contributed by atoms with van der Waals surface area (Å²) in [6.07, 6.45) is 10.7. The Labute approximate surface area is 297 Å². The molecule has 1 aliphatic heterocycles. The monoisotopic (exact) mass is 714 g/mol. The second-order valence-corrected chi connectivity index (χ2v) is 11.8. The molecule has 0 saturated carbocycles. The van der Waals surface area contributed by atoms with Gasteiger partial charge in [-0.2, -0.15) is 0 Å². The number of carbonyl (C=O) groups is 5. The Morgan fingerprint density at radius 2 is 1.10 bits per heavy atom. The fourth-order valence-electron chi connectivity index (χ4n) is 4.65. The van der Waals surface area contributed by atoms with Gasteiger partial charge < -0.3 is 44.8 Å². The van der Waals surface area contributed by atoms with Crippen molar-refractivity contribution in [2.45, 2.75) is 83.6 Å². The average Bonchev–Trinajstić information content (AvgIpc) is 3.42. The van der Waals surface area contributed by atoms with Gasteiger partial charge in [0.25, 0.3) is 11.8 Å². The predicted molar refractivity (Wildman–Crippen MR) is 186 cm³/mol. The molecule has 4 N–H and O–H groups in total. The predicted octanol–water partition coefficient (Wildman–Crippen LogP) is 1.45. The van der Waals surface area contributed by atoms with Crippen LogP contribution in [0, 0.1) is 0 Å². The first-order chi connectivity index (χ1) is 24.3. The molecular formula is C35H62N4O11. The second kappa shape index (κ2) is 32.1. The molecule has 0 aromatic carbocycles. The SMILES string of the molecule is CC(=O)[C@H](CCCCN)NC(=O)CCOCCOCCOCCCCCOCCOCCCCCOCCNC(=O)CCN1C(=O)C=CC1=O. The summed E-state index contributed by atoms with van der Waals surface area (Å²) in [7, 11) is 0. The molecule has 0 saturated heterocycles. The molecule has 1 rings (SSSR count). The van der Waals surface area contributed by atoms with Gasteiger partial charge in [-0.25, -0.2) is 0 Å². The number of unbranched alkanes of at least 4 members (excludes halogenated alkanes) is 5. The van der Waals surface area contributed by atoms with Gasteiger partial charge in [0.2, 0.25) is 11.8 Å². The van der Waals surface area contributed by atoms with Crippen molar-refractivity contribution in [3.05, 3.63) is 12.2 Å². The molecule has 0 aromatic rings. The van der Waals surface area contributed by atoms with E-state index in [0.717, 1.165) is 56.3 Å². The second-order valence-electron chi connectivity index (χ2n) is 11.8. The van der Waals surface area contributed by atoms with E-state index in [1.807, 2.05) is 0 Å². The zero-order valence-corrected chi connectivity index (χ0v) is 30.1. The molecule has 1 aliphatic rings. The van der Waals surface area contributed by atoms with E-state index in [1.165, 1.54) is 19.1 Å². The molecule has 4 amide bonds. The first-order valence-corrected chi connectivity index (χ1v) is 18.1. The third kappa shape index (κ3) is 26.1. The standard InChI is InChI=1S/C35H62N4O11/c1-30(40)31(10-4-5-15-36)38-33(42)14-22-49-27-29-50-28-26-48-21-9-3-8-20-47-25-24-46-19-7-2-6-18-45-23-16-37-32(41)13-17-39-34(43)11-12-35(39)44/h11-12,31H,2-10,13-29,36H2,1H3,(H,37,41)(H,38,42)/t31-/m0/s1. The number of ketones is 1. The van der Waals surface area contributed by atoms with Crippen LogP contribution in [-0.4, -0.2) is 139 Å². The zero-order valence-electron chi connectivity index (χ0n) is 30.1. The highest BCUT2D eigenvalue weighted by Crippen LogP contribution is 2.05. The number of nitrogens with zero attached hydrogens (tertiary/aromatic N) is 1. The fraction of sp³-hybridized carbons (Fsp3) is 0.800. The Morgan fingerprint density at radius 1 is 0.620 bits per heavy atom. The minimum Gasteiger partial charge on any atom is -0.380 e. The maximum absolute atomic E-state index is 12.0. The minimum absolute atomic E-state index is 0.0474. The smallest absolute Gasteiger partial charge is 0.253 e. The molecule has 0 bridgehead atoms. The van der Waals surface area contributed by atoms with E-state index in [4.69, 9.17) is 34.2 Å². The highest BCUT2D eigenvalue weighted by Gasteiger charge is 2.23. The Bertz CT molecular complexity index is 949. The molecule has 0 aromatic heterocycles. The summed E-state index contributed by atoms with van der Waals surface area (Å²) in [5.74, 6) is -1.23. The van der Waals surface area contributed by atoms with Crippen molar-refractivity contribution in [2.24, 2.45) is 5.73 Å². The minimum atomic E-state index is -0.456. The van der Waals surface area contributed by atoms with E-state index in [0.29, 0.717) is 92.2 Å².